The molecule has 1 saturated carbocycles. The first-order chi connectivity index (χ1) is 15.2. The number of benzene rings is 2. The largest absolute Gasteiger partial charge is 0.454 e. The van der Waals surface area contributed by atoms with Crippen LogP contribution in [0.25, 0.3) is 10.9 Å². The van der Waals surface area contributed by atoms with Crippen LogP contribution in [0.3, 0.4) is 0 Å². The molecule has 2 N–H and O–H groups in total. The second-order valence-corrected chi connectivity index (χ2v) is 10.1. The Hall–Kier alpha value is -2.99. The number of aliphatic hydroxyl groups excluding tert-OH is 1. The predicted molar refractivity (Wildman–Crippen MR) is 124 cm³/mol. The molecule has 6 heteroatoms. The van der Waals surface area contributed by atoms with Gasteiger partial charge in [0.2, 0.25) is 12.7 Å². The summed E-state index contributed by atoms with van der Waals surface area (Å²) >= 11 is 0. The topological polar surface area (TPSA) is 72.7 Å². The fourth-order valence-electron chi connectivity index (χ4n) is 4.65. The van der Waals surface area contributed by atoms with Crippen LogP contribution in [0.5, 0.6) is 11.5 Å². The highest BCUT2D eigenvalue weighted by molar-refractivity contribution is 6.02. The zero-order chi connectivity index (χ0) is 22.7. The molecule has 3 aromatic rings. The lowest BCUT2D eigenvalue weighted by Gasteiger charge is -2.23. The molecule has 6 nitrogen and oxygen atoms in total. The van der Waals surface area contributed by atoms with Crippen LogP contribution >= 0.6 is 0 Å². The minimum Gasteiger partial charge on any atom is -0.454 e. The average molecular weight is 435 g/mol. The van der Waals surface area contributed by atoms with Crippen molar-refractivity contribution in [2.24, 2.45) is 0 Å². The Morgan fingerprint density at radius 2 is 1.88 bits per heavy atom. The molecule has 168 valence electrons. The summed E-state index contributed by atoms with van der Waals surface area (Å²) in [4.78, 5) is 13.3. The van der Waals surface area contributed by atoms with Crippen LogP contribution in [0.15, 0.2) is 42.5 Å². The van der Waals surface area contributed by atoms with Gasteiger partial charge in [0.15, 0.2) is 11.5 Å². The minimum atomic E-state index is -0.509. The highest BCUT2D eigenvalue weighted by Gasteiger charge is 2.51. The zero-order valence-electron chi connectivity index (χ0n) is 19.1. The van der Waals surface area contributed by atoms with Crippen molar-refractivity contribution >= 4 is 22.5 Å². The molecule has 2 heterocycles. The van der Waals surface area contributed by atoms with E-state index >= 15 is 0 Å². The van der Waals surface area contributed by atoms with E-state index in [9.17, 15) is 9.90 Å². The summed E-state index contributed by atoms with van der Waals surface area (Å²) in [7, 11) is 0. The zero-order valence-corrected chi connectivity index (χ0v) is 19.1. The smallest absolute Gasteiger partial charge is 0.235 e. The van der Waals surface area contributed by atoms with Gasteiger partial charge in [-0.25, -0.2) is 0 Å². The number of amides is 1. The van der Waals surface area contributed by atoms with Crippen LogP contribution in [0.1, 0.15) is 51.8 Å². The molecule has 1 aliphatic carbocycles. The fourth-order valence-corrected chi connectivity index (χ4v) is 4.65. The van der Waals surface area contributed by atoms with E-state index in [1.54, 1.807) is 6.92 Å². The van der Waals surface area contributed by atoms with Gasteiger partial charge in [-0.2, -0.15) is 0 Å². The van der Waals surface area contributed by atoms with Gasteiger partial charge >= 0.3 is 0 Å². The summed E-state index contributed by atoms with van der Waals surface area (Å²) in [5, 5.41) is 14.2. The van der Waals surface area contributed by atoms with Gasteiger partial charge in [0.05, 0.1) is 11.5 Å². The number of nitrogens with one attached hydrogen (secondary N) is 1. The molecule has 0 saturated heterocycles. The van der Waals surface area contributed by atoms with Crippen molar-refractivity contribution in [3.63, 3.8) is 0 Å². The van der Waals surface area contributed by atoms with Gasteiger partial charge < -0.3 is 24.5 Å². The quantitative estimate of drug-likeness (QED) is 0.610. The Kier molecular flexibility index (Phi) is 4.75. The Morgan fingerprint density at radius 1 is 1.12 bits per heavy atom. The molecule has 1 fully saturated rings. The van der Waals surface area contributed by atoms with Crippen molar-refractivity contribution in [3.05, 3.63) is 53.7 Å². The van der Waals surface area contributed by atoms with Crippen LogP contribution in [0.2, 0.25) is 0 Å². The lowest BCUT2D eigenvalue weighted by Crippen LogP contribution is -2.27. The number of rotatable bonds is 5. The minimum absolute atomic E-state index is 0.00942. The molecule has 0 bridgehead atoms. The number of nitrogens with zero attached hydrogens (tertiary/aromatic N) is 1. The number of carbonyl (C=O) groups excluding carboxylic acids is 1. The molecule has 5 rings (SSSR count). The van der Waals surface area contributed by atoms with Crippen LogP contribution in [-0.2, 0) is 22.2 Å². The van der Waals surface area contributed by atoms with Crippen molar-refractivity contribution in [2.75, 3.05) is 12.1 Å². The second kappa shape index (κ2) is 7.27. The number of hydrogen-bond donors (Lipinski definition) is 2. The number of carbonyl (C=O) groups is 1. The van der Waals surface area contributed by atoms with Crippen LogP contribution in [-0.4, -0.2) is 28.5 Å². The van der Waals surface area contributed by atoms with E-state index < -0.39 is 11.5 Å². The third-order valence-electron chi connectivity index (χ3n) is 6.48. The van der Waals surface area contributed by atoms with E-state index in [2.05, 4.69) is 36.7 Å². The molecule has 1 amide bonds. The van der Waals surface area contributed by atoms with Gasteiger partial charge in [-0.05, 0) is 61.7 Å². The van der Waals surface area contributed by atoms with Gasteiger partial charge in [0, 0.05) is 34.2 Å². The molecule has 1 atom stereocenters. The number of anilines is 1. The average Bonchev–Trinajstić information content (AvgIpc) is 3.27. The normalized spacial score (nSPS) is 17.4. The van der Waals surface area contributed by atoms with E-state index in [4.69, 9.17) is 9.47 Å². The molecular weight excluding hydrogens is 404 g/mol. The third-order valence-corrected chi connectivity index (χ3v) is 6.48. The fraction of sp³-hybridized carbons (Fsp3) is 0.423. The summed E-state index contributed by atoms with van der Waals surface area (Å²) < 4.78 is 13.1. The van der Waals surface area contributed by atoms with E-state index in [0.29, 0.717) is 12.3 Å². The van der Waals surface area contributed by atoms with E-state index in [1.165, 1.54) is 0 Å². The first-order valence-electron chi connectivity index (χ1n) is 11.2. The summed E-state index contributed by atoms with van der Waals surface area (Å²) in [6.07, 6.45) is 1.20. The summed E-state index contributed by atoms with van der Waals surface area (Å²) in [6, 6.07) is 14.0. The van der Waals surface area contributed by atoms with Gasteiger partial charge in [0.1, 0.15) is 0 Å². The maximum absolute atomic E-state index is 13.3. The lowest BCUT2D eigenvalue weighted by molar-refractivity contribution is -0.118. The van der Waals surface area contributed by atoms with Crippen molar-refractivity contribution in [1.82, 2.24) is 4.57 Å². The SMILES string of the molecule is C[C@H](O)Cn1c(C(C)(C)C)cc2cc(NC(=O)C3(c4ccc5c(c4)OCO5)CC3)ccc21. The maximum atomic E-state index is 13.3. The summed E-state index contributed by atoms with van der Waals surface area (Å²) in [6.45, 7) is 9.08. The third kappa shape index (κ3) is 3.52. The summed E-state index contributed by atoms with van der Waals surface area (Å²) in [5.74, 6) is 1.44. The highest BCUT2D eigenvalue weighted by Crippen LogP contribution is 2.51. The van der Waals surface area contributed by atoms with Crippen LogP contribution in [0, 0.1) is 0 Å². The molecule has 1 aliphatic heterocycles. The Labute approximate surface area is 188 Å². The van der Waals surface area contributed by atoms with E-state index in [-0.39, 0.29) is 18.1 Å². The number of hydrogen-bond acceptors (Lipinski definition) is 4. The Balaban J connectivity index is 1.43. The molecule has 0 radical (unpaired) electrons. The first kappa shape index (κ1) is 20.9. The Morgan fingerprint density at radius 3 is 2.56 bits per heavy atom. The highest BCUT2D eigenvalue weighted by atomic mass is 16.7. The number of ether oxygens (including phenoxy) is 2. The number of aromatic nitrogens is 1. The van der Waals surface area contributed by atoms with Crippen molar-refractivity contribution in [2.45, 2.75) is 64.0 Å². The number of aliphatic hydroxyl groups is 1. The molecule has 0 unspecified atom stereocenters. The molecule has 0 spiro atoms. The van der Waals surface area contributed by atoms with Gasteiger partial charge in [0.25, 0.3) is 0 Å². The van der Waals surface area contributed by atoms with Crippen molar-refractivity contribution in [1.29, 1.82) is 0 Å². The van der Waals surface area contributed by atoms with Crippen molar-refractivity contribution < 1.29 is 19.4 Å². The van der Waals surface area contributed by atoms with Crippen molar-refractivity contribution in [3.8, 4) is 11.5 Å². The number of fused-ring (bicyclic) bond motifs is 2. The maximum Gasteiger partial charge on any atom is 0.235 e. The second-order valence-electron chi connectivity index (χ2n) is 10.1. The first-order valence-corrected chi connectivity index (χ1v) is 11.2. The van der Waals surface area contributed by atoms with Gasteiger partial charge in [-0.1, -0.05) is 26.8 Å². The van der Waals surface area contributed by atoms with Gasteiger partial charge in [-0.15, -0.1) is 0 Å². The molecule has 2 aliphatic rings. The molecule has 1 aromatic heterocycles. The van der Waals surface area contributed by atoms with Crippen LogP contribution in [0.4, 0.5) is 5.69 Å². The van der Waals surface area contributed by atoms with Crippen LogP contribution < -0.4 is 14.8 Å². The predicted octanol–water partition coefficient (Wildman–Crippen LogP) is 4.72. The molecular formula is C26H30N2O4. The standard InChI is InChI=1S/C26H30N2O4/c1-16(29)14-28-20-7-6-19(11-17(20)12-23(28)25(2,3)4)27-24(30)26(9-10-26)18-5-8-21-22(13-18)32-15-31-21/h5-8,11-13,16,29H,9-10,14-15H2,1-4H3,(H,27,30)/t16-/m0/s1. The van der Waals surface area contributed by atoms with Gasteiger partial charge in [-0.3, -0.25) is 4.79 Å². The van der Waals surface area contributed by atoms with E-state index in [1.807, 2.05) is 36.4 Å². The summed E-state index contributed by atoms with van der Waals surface area (Å²) in [5.41, 5.74) is 3.41. The van der Waals surface area contributed by atoms with E-state index in [0.717, 1.165) is 46.4 Å². The molecule has 32 heavy (non-hydrogen) atoms. The molecule has 2 aromatic carbocycles. The lowest BCUT2D eigenvalue weighted by atomic mass is 9.92. The monoisotopic (exact) mass is 434 g/mol. The Bertz CT molecular complexity index is 1200.